The van der Waals surface area contributed by atoms with E-state index in [9.17, 15) is 9.59 Å². The molecule has 1 fully saturated rings. The van der Waals surface area contributed by atoms with Crippen molar-refractivity contribution in [2.75, 3.05) is 31.6 Å². The lowest BCUT2D eigenvalue weighted by Gasteiger charge is -2.32. The number of hydrogen-bond donors (Lipinski definition) is 1. The zero-order valence-corrected chi connectivity index (χ0v) is 17.8. The predicted molar refractivity (Wildman–Crippen MR) is 116 cm³/mol. The third-order valence-electron chi connectivity index (χ3n) is 4.30. The highest BCUT2D eigenvalue weighted by Gasteiger charge is 2.23. The number of benzene rings is 1. The first-order valence-electron chi connectivity index (χ1n) is 9.31. The van der Waals surface area contributed by atoms with E-state index >= 15 is 0 Å². The molecule has 1 atom stereocenters. The molecule has 1 N–H and O–H groups in total. The molecule has 2 heterocycles. The minimum Gasteiger partial charge on any atom is -0.475 e. The van der Waals surface area contributed by atoms with Gasteiger partial charge >= 0.3 is 0 Å². The molecule has 158 valence electrons. The van der Waals surface area contributed by atoms with Crippen molar-refractivity contribution in [1.82, 2.24) is 9.88 Å². The third-order valence-corrected chi connectivity index (χ3v) is 4.76. The van der Waals surface area contributed by atoms with Gasteiger partial charge in [0.05, 0.1) is 18.2 Å². The Labute approximate surface area is 184 Å². The van der Waals surface area contributed by atoms with E-state index in [2.05, 4.69) is 10.3 Å². The molecule has 0 spiro atoms. The van der Waals surface area contributed by atoms with Crippen molar-refractivity contribution >= 4 is 46.8 Å². The number of ether oxygens (including phenoxy) is 2. The Morgan fingerprint density at radius 3 is 2.83 bits per heavy atom. The summed E-state index contributed by atoms with van der Waals surface area (Å²) in [6.07, 6.45) is 4.37. The highest BCUT2D eigenvalue weighted by atomic mass is 35.5. The molecular weight excluding hydrogens is 429 g/mol. The molecule has 7 nitrogen and oxygen atoms in total. The van der Waals surface area contributed by atoms with E-state index in [4.69, 9.17) is 32.7 Å². The van der Waals surface area contributed by atoms with E-state index in [0.717, 1.165) is 0 Å². The summed E-state index contributed by atoms with van der Waals surface area (Å²) in [5, 5.41) is 3.73. The van der Waals surface area contributed by atoms with Gasteiger partial charge in [-0.1, -0.05) is 29.3 Å². The Kier molecular flexibility index (Phi) is 7.68. The largest absolute Gasteiger partial charge is 0.475 e. The van der Waals surface area contributed by atoms with Crippen molar-refractivity contribution in [3.05, 3.63) is 58.2 Å². The van der Waals surface area contributed by atoms with E-state index in [1.165, 1.54) is 19.2 Å². The van der Waals surface area contributed by atoms with Gasteiger partial charge in [0, 0.05) is 42.5 Å². The molecule has 1 aromatic carbocycles. The van der Waals surface area contributed by atoms with E-state index in [1.54, 1.807) is 41.3 Å². The first-order chi connectivity index (χ1) is 14.4. The lowest BCUT2D eigenvalue weighted by atomic mass is 10.1. The molecule has 0 bridgehead atoms. The zero-order chi connectivity index (χ0) is 21.5. The number of morpholine rings is 1. The first kappa shape index (κ1) is 22.1. The normalized spacial score (nSPS) is 16.5. The van der Waals surface area contributed by atoms with Gasteiger partial charge in [-0.2, -0.15) is 0 Å². The second-order valence-electron chi connectivity index (χ2n) is 6.65. The molecule has 2 amide bonds. The summed E-state index contributed by atoms with van der Waals surface area (Å²) < 4.78 is 11.3. The van der Waals surface area contributed by atoms with Gasteiger partial charge in [0.15, 0.2) is 0 Å². The van der Waals surface area contributed by atoms with Crippen LogP contribution in [0.25, 0.3) is 6.08 Å². The van der Waals surface area contributed by atoms with Crippen molar-refractivity contribution in [2.24, 2.45) is 0 Å². The predicted octanol–water partition coefficient (Wildman–Crippen LogP) is 3.67. The van der Waals surface area contributed by atoms with E-state index < -0.39 is 0 Å². The van der Waals surface area contributed by atoms with Crippen LogP contribution in [0.15, 0.2) is 42.6 Å². The number of carbonyl (C=O) groups is 2. The van der Waals surface area contributed by atoms with Gasteiger partial charge in [0.25, 0.3) is 0 Å². The van der Waals surface area contributed by atoms with Crippen LogP contribution in [0.3, 0.4) is 0 Å². The minimum atomic E-state index is -0.265. The van der Waals surface area contributed by atoms with Crippen molar-refractivity contribution in [1.29, 1.82) is 0 Å². The topological polar surface area (TPSA) is 80.8 Å². The third kappa shape index (κ3) is 6.45. The number of pyridine rings is 1. The Bertz CT molecular complexity index is 934. The Hall–Kier alpha value is -2.61. The number of amides is 2. The highest BCUT2D eigenvalue weighted by Crippen LogP contribution is 2.22. The molecule has 1 unspecified atom stereocenters. The molecule has 3 rings (SSSR count). The van der Waals surface area contributed by atoms with Gasteiger partial charge in [0.1, 0.15) is 12.7 Å². The van der Waals surface area contributed by atoms with Crippen molar-refractivity contribution in [3.8, 4) is 5.88 Å². The number of hydrogen-bond acceptors (Lipinski definition) is 5. The molecule has 0 radical (unpaired) electrons. The number of rotatable bonds is 6. The van der Waals surface area contributed by atoms with Gasteiger partial charge in [-0.15, -0.1) is 0 Å². The van der Waals surface area contributed by atoms with Gasteiger partial charge in [-0.25, -0.2) is 4.98 Å². The van der Waals surface area contributed by atoms with E-state index in [0.29, 0.717) is 46.9 Å². The molecule has 0 aliphatic carbocycles. The fourth-order valence-corrected chi connectivity index (χ4v) is 3.17. The van der Waals surface area contributed by atoms with Crippen LogP contribution in [0.5, 0.6) is 5.88 Å². The quantitative estimate of drug-likeness (QED) is 0.680. The molecule has 1 aliphatic rings. The van der Waals surface area contributed by atoms with Gasteiger partial charge in [0.2, 0.25) is 17.7 Å². The summed E-state index contributed by atoms with van der Waals surface area (Å²) in [5.41, 5.74) is 1.23. The summed E-state index contributed by atoms with van der Waals surface area (Å²) in [6, 6.07) is 8.45. The number of halogens is 2. The average molecular weight is 450 g/mol. The van der Waals surface area contributed by atoms with Gasteiger partial charge in [-0.3, -0.25) is 9.59 Å². The van der Waals surface area contributed by atoms with Crippen LogP contribution in [-0.2, 0) is 14.3 Å². The number of nitrogens with zero attached hydrogens (tertiary/aromatic N) is 2. The van der Waals surface area contributed by atoms with Crippen LogP contribution in [0.4, 0.5) is 5.69 Å². The molecule has 9 heteroatoms. The second kappa shape index (κ2) is 10.4. The van der Waals surface area contributed by atoms with Crippen molar-refractivity contribution in [3.63, 3.8) is 0 Å². The lowest BCUT2D eigenvalue weighted by molar-refractivity contribution is -0.134. The first-order valence-corrected chi connectivity index (χ1v) is 10.1. The summed E-state index contributed by atoms with van der Waals surface area (Å²) in [5.74, 6) is 0.0701. The van der Waals surface area contributed by atoms with Crippen LogP contribution in [0.2, 0.25) is 10.0 Å². The number of carbonyl (C=O) groups excluding carboxylic acids is 2. The van der Waals surface area contributed by atoms with E-state index in [1.807, 2.05) is 0 Å². The van der Waals surface area contributed by atoms with Gasteiger partial charge < -0.3 is 19.7 Å². The second-order valence-corrected chi connectivity index (χ2v) is 7.52. The maximum Gasteiger partial charge on any atom is 0.246 e. The molecule has 2 aromatic rings. The number of anilines is 1. The summed E-state index contributed by atoms with van der Waals surface area (Å²) in [4.78, 5) is 29.8. The lowest BCUT2D eigenvalue weighted by Crippen LogP contribution is -2.47. The summed E-state index contributed by atoms with van der Waals surface area (Å²) in [6.45, 7) is 2.98. The Morgan fingerprint density at radius 2 is 2.10 bits per heavy atom. The average Bonchev–Trinajstić information content (AvgIpc) is 2.72. The van der Waals surface area contributed by atoms with Crippen molar-refractivity contribution in [2.45, 2.75) is 13.0 Å². The molecule has 1 aromatic heterocycles. The minimum absolute atomic E-state index is 0.156. The fraction of sp³-hybridized carbons (Fsp3) is 0.286. The Morgan fingerprint density at radius 1 is 1.30 bits per heavy atom. The smallest absolute Gasteiger partial charge is 0.246 e. The van der Waals surface area contributed by atoms with Crippen LogP contribution >= 0.6 is 23.2 Å². The van der Waals surface area contributed by atoms with Gasteiger partial charge in [-0.05, 0) is 29.8 Å². The zero-order valence-electron chi connectivity index (χ0n) is 16.3. The molecule has 30 heavy (non-hydrogen) atoms. The van der Waals surface area contributed by atoms with Crippen LogP contribution in [-0.4, -0.2) is 54.1 Å². The Balaban J connectivity index is 1.58. The molecule has 1 aliphatic heterocycles. The maximum atomic E-state index is 12.6. The van der Waals surface area contributed by atoms with Crippen molar-refractivity contribution < 1.29 is 19.1 Å². The molecule has 0 saturated carbocycles. The van der Waals surface area contributed by atoms with E-state index in [-0.39, 0.29) is 24.5 Å². The van der Waals surface area contributed by atoms with Crippen LogP contribution in [0, 0.1) is 0 Å². The van der Waals surface area contributed by atoms with Crippen LogP contribution < -0.4 is 10.1 Å². The molecular formula is C21H21Cl2N3O4. The monoisotopic (exact) mass is 449 g/mol. The standard InChI is InChI=1S/C21H21Cl2N3O4/c1-14(27)25-19-10-16(22)4-2-15(19)3-7-21(28)26-8-9-29-18(12-26)13-30-20-6-5-17(23)11-24-20/h2-7,10-11,18H,8-9,12-13H2,1H3,(H,25,27). The SMILES string of the molecule is CC(=O)Nc1cc(Cl)ccc1C=CC(=O)N1CCOC(COc2ccc(Cl)cn2)C1. The number of nitrogens with one attached hydrogen (secondary N) is 1. The van der Waals surface area contributed by atoms with Crippen LogP contribution in [0.1, 0.15) is 12.5 Å². The highest BCUT2D eigenvalue weighted by molar-refractivity contribution is 6.31. The number of aromatic nitrogens is 1. The molecule has 1 saturated heterocycles. The fourth-order valence-electron chi connectivity index (χ4n) is 2.88. The summed E-state index contributed by atoms with van der Waals surface area (Å²) in [7, 11) is 0. The maximum absolute atomic E-state index is 12.6. The summed E-state index contributed by atoms with van der Waals surface area (Å²) >= 11 is 11.8.